The summed E-state index contributed by atoms with van der Waals surface area (Å²) in [4.78, 5) is 10.5. The van der Waals surface area contributed by atoms with Crippen molar-refractivity contribution in [1.82, 2.24) is 0 Å². The van der Waals surface area contributed by atoms with Crippen molar-refractivity contribution in [1.29, 1.82) is 0 Å². The summed E-state index contributed by atoms with van der Waals surface area (Å²) in [6, 6.07) is 3.11. The van der Waals surface area contributed by atoms with Crippen LogP contribution in [-0.4, -0.2) is 18.0 Å². The zero-order valence-corrected chi connectivity index (χ0v) is 8.67. The molecule has 0 atom stereocenters. The van der Waals surface area contributed by atoms with Crippen molar-refractivity contribution in [2.45, 2.75) is 6.92 Å². The number of benzene rings is 1. The van der Waals surface area contributed by atoms with Crippen LogP contribution in [0.4, 0.5) is 0 Å². The maximum Gasteiger partial charge on any atom is 0.153 e. The van der Waals surface area contributed by atoms with Crippen molar-refractivity contribution in [3.63, 3.8) is 0 Å². The van der Waals surface area contributed by atoms with Gasteiger partial charge in [-0.3, -0.25) is 4.79 Å². The zero-order valence-electron chi connectivity index (χ0n) is 7.08. The molecule has 3 nitrogen and oxygen atoms in total. The Morgan fingerprint density at radius 1 is 1.62 bits per heavy atom. The van der Waals surface area contributed by atoms with Crippen molar-refractivity contribution >= 4 is 22.2 Å². The molecule has 1 rings (SSSR count). The Hall–Kier alpha value is -1.03. The number of rotatable bonds is 3. The fourth-order valence-electron chi connectivity index (χ4n) is 0.934. The molecule has 1 N–H and O–H groups in total. The van der Waals surface area contributed by atoms with Gasteiger partial charge in [-0.25, -0.2) is 0 Å². The fourth-order valence-corrected chi connectivity index (χ4v) is 1.39. The molecular formula is C9H9BrO3. The normalized spacial score (nSPS) is 9.69. The second kappa shape index (κ2) is 4.28. The van der Waals surface area contributed by atoms with Gasteiger partial charge in [0.1, 0.15) is 11.5 Å². The highest BCUT2D eigenvalue weighted by atomic mass is 79.9. The molecule has 0 amide bonds. The molecule has 0 radical (unpaired) electrons. The van der Waals surface area contributed by atoms with E-state index in [1.54, 1.807) is 6.07 Å². The van der Waals surface area contributed by atoms with Crippen molar-refractivity contribution in [2.24, 2.45) is 0 Å². The van der Waals surface area contributed by atoms with Gasteiger partial charge < -0.3 is 9.84 Å². The van der Waals surface area contributed by atoms with Gasteiger partial charge in [-0.2, -0.15) is 0 Å². The first kappa shape index (κ1) is 10.1. The topological polar surface area (TPSA) is 46.5 Å². The molecule has 1 aromatic rings. The van der Waals surface area contributed by atoms with Gasteiger partial charge in [0.25, 0.3) is 0 Å². The molecular weight excluding hydrogens is 236 g/mol. The fraction of sp³-hybridized carbons (Fsp3) is 0.222. The summed E-state index contributed by atoms with van der Waals surface area (Å²) in [6.07, 6.45) is 0.586. The lowest BCUT2D eigenvalue weighted by atomic mass is 10.2. The molecule has 0 fully saturated rings. The first-order valence-electron chi connectivity index (χ1n) is 3.79. The second-order valence-corrected chi connectivity index (χ2v) is 3.25. The molecule has 0 aliphatic rings. The van der Waals surface area contributed by atoms with Crippen molar-refractivity contribution in [3.8, 4) is 11.5 Å². The van der Waals surface area contributed by atoms with Gasteiger partial charge in [0.2, 0.25) is 0 Å². The van der Waals surface area contributed by atoms with Crippen LogP contribution in [0.1, 0.15) is 17.3 Å². The minimum absolute atomic E-state index is 0.0570. The molecule has 1 aromatic carbocycles. The summed E-state index contributed by atoms with van der Waals surface area (Å²) in [5, 5.41) is 9.36. The van der Waals surface area contributed by atoms with Crippen molar-refractivity contribution < 1.29 is 14.6 Å². The van der Waals surface area contributed by atoms with E-state index in [9.17, 15) is 9.90 Å². The molecule has 0 saturated heterocycles. The monoisotopic (exact) mass is 244 g/mol. The molecule has 0 heterocycles. The van der Waals surface area contributed by atoms with Crippen LogP contribution in [0, 0.1) is 0 Å². The van der Waals surface area contributed by atoms with E-state index in [-0.39, 0.29) is 11.3 Å². The Balaban J connectivity index is 3.14. The smallest absolute Gasteiger partial charge is 0.153 e. The van der Waals surface area contributed by atoms with Crippen LogP contribution in [0.25, 0.3) is 0 Å². The molecule has 4 heteroatoms. The summed E-state index contributed by atoms with van der Waals surface area (Å²) < 4.78 is 5.64. The third-order valence-electron chi connectivity index (χ3n) is 1.50. The van der Waals surface area contributed by atoms with Crippen LogP contribution in [0.3, 0.4) is 0 Å². The number of halogens is 1. The van der Waals surface area contributed by atoms with Gasteiger partial charge in [-0.05, 0) is 35.0 Å². The lowest BCUT2D eigenvalue weighted by molar-refractivity contribution is 0.112. The zero-order chi connectivity index (χ0) is 9.84. The van der Waals surface area contributed by atoms with E-state index >= 15 is 0 Å². The number of phenolic OH excluding ortho intramolecular Hbond substituents is 1. The lowest BCUT2D eigenvalue weighted by Gasteiger charge is -2.06. The van der Waals surface area contributed by atoms with E-state index in [0.717, 1.165) is 0 Å². The average molecular weight is 245 g/mol. The number of phenols is 1. The Labute approximate surface area is 84.5 Å². The molecule has 70 valence electrons. The molecule has 0 aromatic heterocycles. The predicted molar refractivity (Wildman–Crippen MR) is 52.4 cm³/mol. The number of aromatic hydroxyl groups is 1. The molecule has 0 bridgehead atoms. The van der Waals surface area contributed by atoms with E-state index in [0.29, 0.717) is 23.1 Å². The van der Waals surface area contributed by atoms with E-state index in [4.69, 9.17) is 4.74 Å². The third-order valence-corrected chi connectivity index (χ3v) is 2.11. The third kappa shape index (κ3) is 2.21. The highest BCUT2D eigenvalue weighted by Gasteiger charge is 2.07. The number of aldehydes is 1. The van der Waals surface area contributed by atoms with Gasteiger partial charge in [-0.1, -0.05) is 0 Å². The van der Waals surface area contributed by atoms with Gasteiger partial charge in [-0.15, -0.1) is 0 Å². The SMILES string of the molecule is CCOc1cc(Br)c(O)c(C=O)c1. The number of hydrogen-bond donors (Lipinski definition) is 1. The standard InChI is InChI=1S/C9H9BrO3/c1-2-13-7-3-6(5-11)9(12)8(10)4-7/h3-5,12H,2H2,1H3. The van der Waals surface area contributed by atoms with Gasteiger partial charge in [0.15, 0.2) is 6.29 Å². The number of carbonyl (C=O) groups is 1. The second-order valence-electron chi connectivity index (χ2n) is 2.39. The Kier molecular flexibility index (Phi) is 3.31. The summed E-state index contributed by atoms with van der Waals surface area (Å²) in [6.45, 7) is 2.37. The number of carbonyl (C=O) groups excluding carboxylic acids is 1. The van der Waals surface area contributed by atoms with E-state index in [1.165, 1.54) is 6.07 Å². The maximum absolute atomic E-state index is 10.5. The Bertz CT molecular complexity index is 323. The van der Waals surface area contributed by atoms with Crippen LogP contribution in [0.2, 0.25) is 0 Å². The van der Waals surface area contributed by atoms with Gasteiger partial charge in [0.05, 0.1) is 16.6 Å². The first-order chi connectivity index (χ1) is 6.19. The van der Waals surface area contributed by atoms with Crippen LogP contribution in [0.15, 0.2) is 16.6 Å². The first-order valence-corrected chi connectivity index (χ1v) is 4.58. The maximum atomic E-state index is 10.5. The van der Waals surface area contributed by atoms with Crippen LogP contribution in [-0.2, 0) is 0 Å². The summed E-state index contributed by atoms with van der Waals surface area (Å²) in [5.41, 5.74) is 0.220. The molecule has 0 unspecified atom stereocenters. The molecule has 13 heavy (non-hydrogen) atoms. The molecule has 0 saturated carbocycles. The summed E-state index contributed by atoms with van der Waals surface area (Å²) in [7, 11) is 0. The van der Waals surface area contributed by atoms with Gasteiger partial charge >= 0.3 is 0 Å². The highest BCUT2D eigenvalue weighted by molar-refractivity contribution is 9.10. The summed E-state index contributed by atoms with van der Waals surface area (Å²) >= 11 is 3.12. The number of hydrogen-bond acceptors (Lipinski definition) is 3. The van der Waals surface area contributed by atoms with E-state index in [2.05, 4.69) is 15.9 Å². The van der Waals surface area contributed by atoms with E-state index < -0.39 is 0 Å². The highest BCUT2D eigenvalue weighted by Crippen LogP contribution is 2.31. The largest absolute Gasteiger partial charge is 0.506 e. The minimum atomic E-state index is -0.0570. The van der Waals surface area contributed by atoms with Crippen LogP contribution < -0.4 is 4.74 Å². The Morgan fingerprint density at radius 3 is 2.85 bits per heavy atom. The average Bonchev–Trinajstić information content (AvgIpc) is 2.11. The van der Waals surface area contributed by atoms with Crippen molar-refractivity contribution in [2.75, 3.05) is 6.61 Å². The van der Waals surface area contributed by atoms with Crippen LogP contribution in [0.5, 0.6) is 11.5 Å². The molecule has 0 aliphatic heterocycles. The Morgan fingerprint density at radius 2 is 2.31 bits per heavy atom. The quantitative estimate of drug-likeness (QED) is 0.831. The lowest BCUT2D eigenvalue weighted by Crippen LogP contribution is -1.93. The molecule has 0 spiro atoms. The van der Waals surface area contributed by atoms with E-state index in [1.807, 2.05) is 6.92 Å². The number of ether oxygens (including phenoxy) is 1. The van der Waals surface area contributed by atoms with Crippen LogP contribution >= 0.6 is 15.9 Å². The predicted octanol–water partition coefficient (Wildman–Crippen LogP) is 2.37. The van der Waals surface area contributed by atoms with Crippen molar-refractivity contribution in [3.05, 3.63) is 22.2 Å². The summed E-state index contributed by atoms with van der Waals surface area (Å²) in [5.74, 6) is 0.507. The molecule has 0 aliphatic carbocycles. The minimum Gasteiger partial charge on any atom is -0.506 e. The van der Waals surface area contributed by atoms with Gasteiger partial charge in [0, 0.05) is 0 Å².